The third kappa shape index (κ3) is 4.24. The number of benzene rings is 1. The van der Waals surface area contributed by atoms with Crippen LogP contribution in [0, 0.1) is 5.82 Å². The zero-order valence-corrected chi connectivity index (χ0v) is 14.5. The van der Waals surface area contributed by atoms with E-state index in [1.54, 1.807) is 6.92 Å². The number of amides is 1. The Morgan fingerprint density at radius 2 is 2.12 bits per heavy atom. The Kier molecular flexibility index (Phi) is 6.05. The fraction of sp³-hybridized carbons (Fsp3) is 0.294. The van der Waals surface area contributed by atoms with Gasteiger partial charge in [0, 0.05) is 18.7 Å². The second-order valence-electron chi connectivity index (χ2n) is 5.57. The van der Waals surface area contributed by atoms with Gasteiger partial charge in [-0.1, -0.05) is 0 Å². The van der Waals surface area contributed by atoms with Crippen molar-refractivity contribution in [1.29, 1.82) is 0 Å². The van der Waals surface area contributed by atoms with Crippen molar-refractivity contribution in [1.82, 2.24) is 9.88 Å². The van der Waals surface area contributed by atoms with Gasteiger partial charge in [0.15, 0.2) is 5.75 Å². The molecule has 0 aliphatic heterocycles. The normalized spacial score (nSPS) is 10.5. The van der Waals surface area contributed by atoms with Crippen molar-refractivity contribution < 1.29 is 33.7 Å². The van der Waals surface area contributed by atoms with Crippen LogP contribution in [0.3, 0.4) is 0 Å². The second kappa shape index (κ2) is 8.24. The van der Waals surface area contributed by atoms with Gasteiger partial charge in [-0.3, -0.25) is 9.68 Å². The smallest absolute Gasteiger partial charge is 0.349 e. The van der Waals surface area contributed by atoms with Crippen molar-refractivity contribution >= 4 is 11.9 Å². The summed E-state index contributed by atoms with van der Waals surface area (Å²) in [6.45, 7) is 5.84. The molecule has 0 aliphatic rings. The fourth-order valence-corrected chi connectivity index (χ4v) is 2.27. The van der Waals surface area contributed by atoms with Crippen LogP contribution >= 0.6 is 0 Å². The summed E-state index contributed by atoms with van der Waals surface area (Å²) in [4.78, 5) is 39.3. The van der Waals surface area contributed by atoms with Gasteiger partial charge in [0.25, 0.3) is 5.91 Å². The van der Waals surface area contributed by atoms with Gasteiger partial charge in [-0.05, 0) is 48.7 Å². The van der Waals surface area contributed by atoms with Crippen molar-refractivity contribution in [3.05, 3.63) is 53.9 Å². The Bertz CT molecular complexity index is 813. The summed E-state index contributed by atoms with van der Waals surface area (Å²) in [5, 5.41) is 9.51. The van der Waals surface area contributed by atoms with E-state index >= 15 is 0 Å². The molecule has 0 unspecified atom stereocenters. The third-order valence-corrected chi connectivity index (χ3v) is 3.51. The number of hydrogen-bond acceptors (Lipinski definition) is 6. The molecule has 2 aromatic rings. The van der Waals surface area contributed by atoms with Crippen LogP contribution in [0.1, 0.15) is 41.7 Å². The molecule has 1 aromatic heterocycles. The van der Waals surface area contributed by atoms with Gasteiger partial charge in [-0.25, -0.2) is 14.1 Å². The van der Waals surface area contributed by atoms with Crippen molar-refractivity contribution in [2.45, 2.75) is 26.8 Å². The van der Waals surface area contributed by atoms with E-state index in [9.17, 15) is 19.2 Å². The molecule has 9 heteroatoms. The summed E-state index contributed by atoms with van der Waals surface area (Å²) in [5.41, 5.74) is -0.0914. The van der Waals surface area contributed by atoms with E-state index in [1.165, 1.54) is 29.4 Å². The topological polar surface area (TPSA) is 92.8 Å². The monoisotopic (exact) mass is 364 g/mol. The molecular weight excluding hydrogens is 345 g/mol. The van der Waals surface area contributed by atoms with Crippen LogP contribution in [0.25, 0.3) is 0 Å². The van der Waals surface area contributed by atoms with E-state index in [0.717, 1.165) is 12.1 Å². The summed E-state index contributed by atoms with van der Waals surface area (Å²) in [6.07, 6.45) is 2.45. The number of rotatable bonds is 6. The molecular formula is C17H19FN3O5+. The van der Waals surface area contributed by atoms with E-state index in [2.05, 4.69) is 9.87 Å². The van der Waals surface area contributed by atoms with E-state index in [4.69, 9.17) is 4.89 Å². The number of nitrogens with zero attached hydrogens (tertiary/aromatic N) is 3. The van der Waals surface area contributed by atoms with Gasteiger partial charge in [-0.2, -0.15) is 0 Å². The Hall–Kier alpha value is -3.23. The van der Waals surface area contributed by atoms with Gasteiger partial charge in [0.05, 0.1) is 5.56 Å². The first-order valence-electron chi connectivity index (χ1n) is 7.90. The second-order valence-corrected chi connectivity index (χ2v) is 5.57. The quantitative estimate of drug-likeness (QED) is 0.363. The Morgan fingerprint density at radius 1 is 1.38 bits per heavy atom. The summed E-state index contributed by atoms with van der Waals surface area (Å²) in [7, 11) is 0. The van der Waals surface area contributed by atoms with Crippen LogP contribution in [-0.4, -0.2) is 39.6 Å². The average molecular weight is 364 g/mol. The molecule has 0 saturated carbocycles. The highest BCUT2D eigenvalue weighted by atomic mass is 19.1. The van der Waals surface area contributed by atoms with Crippen LogP contribution in [0.15, 0.2) is 36.7 Å². The molecule has 0 radical (unpaired) electrons. The molecule has 26 heavy (non-hydrogen) atoms. The predicted octanol–water partition coefficient (Wildman–Crippen LogP) is 1.77. The molecule has 1 amide bonds. The maximum absolute atomic E-state index is 13.6. The van der Waals surface area contributed by atoms with Gasteiger partial charge in [-0.15, -0.1) is 0 Å². The van der Waals surface area contributed by atoms with Crippen LogP contribution in [0.2, 0.25) is 0 Å². The number of carbonyl (C=O) groups is 2. The molecule has 2 rings (SSSR count). The standard InChI is InChI=1S/C17H19FN3O5/c1-4-20(11(2)3)16(22)13-10-12(18)6-7-14(13)25-26-17(23)15-19-8-5-9-21(15)24/h5-11,24H,4H2,1-3H3/q+1. The van der Waals surface area contributed by atoms with E-state index in [-0.39, 0.29) is 17.4 Å². The van der Waals surface area contributed by atoms with Gasteiger partial charge in [0.2, 0.25) is 0 Å². The highest BCUT2D eigenvalue weighted by molar-refractivity contribution is 5.97. The largest absolute Gasteiger partial charge is 0.474 e. The van der Waals surface area contributed by atoms with Crippen LogP contribution in [-0.2, 0) is 4.89 Å². The number of carbonyl (C=O) groups excluding carboxylic acids is 2. The maximum atomic E-state index is 13.6. The molecule has 0 fully saturated rings. The number of hydrogen-bond donors (Lipinski definition) is 1. The van der Waals surface area contributed by atoms with E-state index in [0.29, 0.717) is 11.3 Å². The fourth-order valence-electron chi connectivity index (χ4n) is 2.27. The Balaban J connectivity index is 2.23. The minimum atomic E-state index is -1.09. The van der Waals surface area contributed by atoms with Crippen molar-refractivity contribution in [3.63, 3.8) is 0 Å². The lowest BCUT2D eigenvalue weighted by Gasteiger charge is -2.25. The van der Waals surface area contributed by atoms with Gasteiger partial charge < -0.3 is 10.1 Å². The number of aromatic nitrogens is 2. The van der Waals surface area contributed by atoms with Crippen molar-refractivity contribution in [2.24, 2.45) is 0 Å². The molecule has 8 nitrogen and oxygen atoms in total. The van der Waals surface area contributed by atoms with Crippen molar-refractivity contribution in [3.8, 4) is 5.75 Å². The molecule has 1 heterocycles. The van der Waals surface area contributed by atoms with E-state index in [1.807, 2.05) is 13.8 Å². The summed E-state index contributed by atoms with van der Waals surface area (Å²) >= 11 is 0. The summed E-state index contributed by atoms with van der Waals surface area (Å²) < 4.78 is 14.1. The minimum absolute atomic E-state index is 0.0914. The Morgan fingerprint density at radius 3 is 2.73 bits per heavy atom. The molecule has 0 saturated heterocycles. The molecule has 0 aliphatic carbocycles. The van der Waals surface area contributed by atoms with Crippen LogP contribution in [0.4, 0.5) is 4.39 Å². The van der Waals surface area contributed by atoms with Gasteiger partial charge in [0.1, 0.15) is 18.2 Å². The summed E-state index contributed by atoms with van der Waals surface area (Å²) in [6, 6.07) is 4.53. The molecule has 1 aromatic carbocycles. The lowest BCUT2D eigenvalue weighted by atomic mass is 10.1. The highest BCUT2D eigenvalue weighted by Gasteiger charge is 2.27. The minimum Gasteiger partial charge on any atom is -0.349 e. The third-order valence-electron chi connectivity index (χ3n) is 3.51. The van der Waals surface area contributed by atoms with Crippen molar-refractivity contribution in [2.75, 3.05) is 6.54 Å². The SMILES string of the molecule is CCN(C(=O)c1cc(F)ccc1OOC(=O)c1nccc[n+]1O)C(C)C. The predicted molar refractivity (Wildman–Crippen MR) is 85.9 cm³/mol. The zero-order valence-electron chi connectivity index (χ0n) is 14.5. The molecule has 0 spiro atoms. The van der Waals surface area contributed by atoms with E-state index < -0.39 is 23.5 Å². The average Bonchev–Trinajstić information content (AvgIpc) is 2.61. The van der Waals surface area contributed by atoms with Crippen LogP contribution in [0.5, 0.6) is 5.75 Å². The zero-order chi connectivity index (χ0) is 19.3. The molecule has 138 valence electrons. The van der Waals surface area contributed by atoms with Gasteiger partial charge >= 0.3 is 11.8 Å². The lowest BCUT2D eigenvalue weighted by Crippen LogP contribution is -2.39. The first-order chi connectivity index (χ1) is 12.3. The first-order valence-corrected chi connectivity index (χ1v) is 7.90. The lowest BCUT2D eigenvalue weighted by molar-refractivity contribution is -0.908. The first kappa shape index (κ1) is 19.1. The molecule has 0 atom stereocenters. The molecule has 1 N–H and O–H groups in total. The number of halogens is 1. The molecule has 0 bridgehead atoms. The summed E-state index contributed by atoms with van der Waals surface area (Å²) in [5.74, 6) is -2.76. The Labute approximate surface area is 149 Å². The highest BCUT2D eigenvalue weighted by Crippen LogP contribution is 2.23. The maximum Gasteiger partial charge on any atom is 0.474 e. The van der Waals surface area contributed by atoms with Crippen LogP contribution < -0.4 is 9.62 Å².